The summed E-state index contributed by atoms with van der Waals surface area (Å²) >= 11 is 1.45. The van der Waals surface area contributed by atoms with Crippen LogP contribution in [0.2, 0.25) is 0 Å². The average molecular weight is 423 g/mol. The first-order valence-corrected chi connectivity index (χ1v) is 11.0. The molecule has 30 heavy (non-hydrogen) atoms. The Morgan fingerprint density at radius 2 is 1.80 bits per heavy atom. The molecule has 1 aliphatic rings. The quantitative estimate of drug-likeness (QED) is 0.441. The number of morpholine rings is 1. The number of anilines is 1. The molecule has 0 aliphatic carbocycles. The fraction of sp³-hybridized carbons (Fsp3) is 0.348. The van der Waals surface area contributed by atoms with E-state index in [1.54, 1.807) is 0 Å². The van der Waals surface area contributed by atoms with Crippen LogP contribution in [0.1, 0.15) is 28.4 Å². The van der Waals surface area contributed by atoms with Crippen LogP contribution in [0.3, 0.4) is 0 Å². The highest BCUT2D eigenvalue weighted by Crippen LogP contribution is 2.31. The lowest BCUT2D eigenvalue weighted by molar-refractivity contribution is 0.0993. The van der Waals surface area contributed by atoms with E-state index in [4.69, 9.17) is 4.74 Å². The van der Waals surface area contributed by atoms with E-state index in [0.29, 0.717) is 18.4 Å². The second-order valence-electron chi connectivity index (χ2n) is 7.50. The Hall–Kier alpha value is -2.64. The Balaban J connectivity index is 1.66. The summed E-state index contributed by atoms with van der Waals surface area (Å²) in [7, 11) is 0. The molecule has 6 nitrogen and oxygen atoms in total. The molecule has 0 N–H and O–H groups in total. The Morgan fingerprint density at radius 1 is 1.07 bits per heavy atom. The van der Waals surface area contributed by atoms with E-state index in [9.17, 15) is 4.79 Å². The lowest BCUT2D eigenvalue weighted by atomic mass is 10.0. The van der Waals surface area contributed by atoms with Crippen molar-refractivity contribution in [3.63, 3.8) is 0 Å². The van der Waals surface area contributed by atoms with Gasteiger partial charge in [0.25, 0.3) is 0 Å². The molecule has 1 fully saturated rings. The molecule has 2 heterocycles. The lowest BCUT2D eigenvalue weighted by Gasteiger charge is -2.28. The molecule has 4 rings (SSSR count). The van der Waals surface area contributed by atoms with Crippen molar-refractivity contribution >= 4 is 23.5 Å². The van der Waals surface area contributed by atoms with Gasteiger partial charge in [-0.05, 0) is 44.5 Å². The SMILES string of the molecule is Cc1ccc(C)c(C(=O)[C@@H](C)Sc2nnc(N3CCOCC3)n2-c2ccccc2)c1. The van der Waals surface area contributed by atoms with Crippen LogP contribution < -0.4 is 4.90 Å². The fourth-order valence-corrected chi connectivity index (χ4v) is 4.47. The van der Waals surface area contributed by atoms with Gasteiger partial charge in [0, 0.05) is 18.7 Å². The summed E-state index contributed by atoms with van der Waals surface area (Å²) in [5.74, 6) is 0.898. The first-order chi connectivity index (χ1) is 14.5. The van der Waals surface area contributed by atoms with Crippen molar-refractivity contribution in [1.82, 2.24) is 14.8 Å². The van der Waals surface area contributed by atoms with E-state index >= 15 is 0 Å². The van der Waals surface area contributed by atoms with Gasteiger partial charge in [-0.1, -0.05) is 47.7 Å². The summed E-state index contributed by atoms with van der Waals surface area (Å²) in [6.45, 7) is 8.81. The third-order valence-electron chi connectivity index (χ3n) is 5.23. The van der Waals surface area contributed by atoms with Crippen molar-refractivity contribution < 1.29 is 9.53 Å². The van der Waals surface area contributed by atoms with E-state index in [-0.39, 0.29) is 11.0 Å². The highest BCUT2D eigenvalue weighted by Gasteiger charge is 2.25. The van der Waals surface area contributed by atoms with Crippen LogP contribution in [0.25, 0.3) is 5.69 Å². The van der Waals surface area contributed by atoms with Gasteiger partial charge in [-0.3, -0.25) is 9.36 Å². The van der Waals surface area contributed by atoms with Crippen molar-refractivity contribution in [2.24, 2.45) is 0 Å². The molecular formula is C23H26N4O2S. The smallest absolute Gasteiger partial charge is 0.232 e. The number of ether oxygens (including phenoxy) is 1. The normalized spacial score (nSPS) is 15.2. The van der Waals surface area contributed by atoms with Gasteiger partial charge in [0.1, 0.15) is 0 Å². The molecule has 2 aromatic carbocycles. The van der Waals surface area contributed by atoms with Crippen molar-refractivity contribution in [2.45, 2.75) is 31.2 Å². The average Bonchev–Trinajstić information content (AvgIpc) is 3.19. The second-order valence-corrected chi connectivity index (χ2v) is 8.80. The number of Topliss-reactive ketones (excluding diaryl/α,β-unsaturated/α-hetero) is 1. The van der Waals surface area contributed by atoms with Gasteiger partial charge in [-0.15, -0.1) is 10.2 Å². The minimum atomic E-state index is -0.283. The Labute approximate surface area is 181 Å². The number of carbonyl (C=O) groups is 1. The number of rotatable bonds is 6. The standard InChI is InChI=1S/C23H26N4O2S/c1-16-9-10-17(2)20(15-16)21(28)18(3)30-23-25-24-22(26-11-13-29-14-12-26)27(23)19-7-5-4-6-8-19/h4-10,15,18H,11-14H2,1-3H3/t18-/m1/s1. The zero-order valence-corrected chi connectivity index (χ0v) is 18.4. The van der Waals surface area contributed by atoms with Gasteiger partial charge >= 0.3 is 0 Å². The van der Waals surface area contributed by atoms with Gasteiger partial charge in [0.05, 0.1) is 24.2 Å². The molecule has 3 aromatic rings. The minimum absolute atomic E-state index is 0.108. The summed E-state index contributed by atoms with van der Waals surface area (Å²) < 4.78 is 7.53. The van der Waals surface area contributed by atoms with Crippen LogP contribution >= 0.6 is 11.8 Å². The first-order valence-electron chi connectivity index (χ1n) is 10.2. The van der Waals surface area contributed by atoms with Gasteiger partial charge in [-0.25, -0.2) is 0 Å². The van der Waals surface area contributed by atoms with Crippen LogP contribution in [0, 0.1) is 13.8 Å². The molecule has 1 aromatic heterocycles. The van der Waals surface area contributed by atoms with E-state index in [2.05, 4.69) is 15.1 Å². The topological polar surface area (TPSA) is 60.3 Å². The maximum absolute atomic E-state index is 13.2. The number of para-hydroxylation sites is 1. The number of hydrogen-bond acceptors (Lipinski definition) is 6. The van der Waals surface area contributed by atoms with E-state index in [1.165, 1.54) is 11.8 Å². The molecule has 0 spiro atoms. The molecule has 0 saturated carbocycles. The molecule has 1 atom stereocenters. The summed E-state index contributed by atoms with van der Waals surface area (Å²) in [6.07, 6.45) is 0. The first kappa shape index (κ1) is 20.6. The van der Waals surface area contributed by atoms with Crippen LogP contribution in [-0.2, 0) is 4.74 Å². The minimum Gasteiger partial charge on any atom is -0.378 e. The third kappa shape index (κ3) is 4.27. The Bertz CT molecular complexity index is 1030. The summed E-state index contributed by atoms with van der Waals surface area (Å²) in [6, 6.07) is 16.1. The molecule has 0 amide bonds. The number of ketones is 1. The Kier molecular flexibility index (Phi) is 6.20. The highest BCUT2D eigenvalue weighted by atomic mass is 32.2. The zero-order valence-electron chi connectivity index (χ0n) is 17.5. The van der Waals surface area contributed by atoms with Crippen LogP contribution in [0.15, 0.2) is 53.7 Å². The van der Waals surface area contributed by atoms with E-state index < -0.39 is 0 Å². The van der Waals surface area contributed by atoms with Crippen molar-refractivity contribution in [1.29, 1.82) is 0 Å². The number of thioether (sulfide) groups is 1. The van der Waals surface area contributed by atoms with Gasteiger partial charge < -0.3 is 9.64 Å². The number of carbonyl (C=O) groups excluding carboxylic acids is 1. The monoisotopic (exact) mass is 422 g/mol. The molecule has 7 heteroatoms. The molecule has 0 bridgehead atoms. The van der Waals surface area contributed by atoms with Crippen molar-refractivity contribution in [3.05, 3.63) is 65.2 Å². The summed E-state index contributed by atoms with van der Waals surface area (Å²) in [5, 5.41) is 9.38. The number of aromatic nitrogens is 3. The molecular weight excluding hydrogens is 396 g/mol. The maximum atomic E-state index is 13.2. The van der Waals surface area contributed by atoms with E-state index in [0.717, 1.165) is 41.4 Å². The number of hydrogen-bond donors (Lipinski definition) is 0. The van der Waals surface area contributed by atoms with E-state index in [1.807, 2.05) is 73.9 Å². The highest BCUT2D eigenvalue weighted by molar-refractivity contribution is 8.00. The molecule has 0 unspecified atom stereocenters. The lowest BCUT2D eigenvalue weighted by Crippen LogP contribution is -2.37. The number of benzene rings is 2. The number of nitrogens with zero attached hydrogens (tertiary/aromatic N) is 4. The molecule has 156 valence electrons. The van der Waals surface area contributed by atoms with Gasteiger partial charge in [-0.2, -0.15) is 0 Å². The van der Waals surface area contributed by atoms with Gasteiger partial charge in [0.2, 0.25) is 5.95 Å². The molecule has 1 saturated heterocycles. The zero-order chi connectivity index (χ0) is 21.1. The predicted molar refractivity (Wildman–Crippen MR) is 120 cm³/mol. The predicted octanol–water partition coefficient (Wildman–Crippen LogP) is 4.08. The van der Waals surface area contributed by atoms with Crippen LogP contribution in [0.4, 0.5) is 5.95 Å². The summed E-state index contributed by atoms with van der Waals surface area (Å²) in [5.41, 5.74) is 3.84. The molecule has 0 radical (unpaired) electrons. The van der Waals surface area contributed by atoms with Crippen LogP contribution in [-0.4, -0.2) is 52.1 Å². The van der Waals surface area contributed by atoms with Crippen molar-refractivity contribution in [3.8, 4) is 5.69 Å². The second kappa shape index (κ2) is 9.02. The largest absolute Gasteiger partial charge is 0.378 e. The fourth-order valence-electron chi connectivity index (χ4n) is 3.54. The number of aryl methyl sites for hydroxylation is 2. The summed E-state index contributed by atoms with van der Waals surface area (Å²) in [4.78, 5) is 15.4. The van der Waals surface area contributed by atoms with Crippen LogP contribution in [0.5, 0.6) is 0 Å². The molecule has 1 aliphatic heterocycles. The Morgan fingerprint density at radius 3 is 2.53 bits per heavy atom. The van der Waals surface area contributed by atoms with Crippen molar-refractivity contribution in [2.75, 3.05) is 31.2 Å². The maximum Gasteiger partial charge on any atom is 0.232 e. The van der Waals surface area contributed by atoms with Gasteiger partial charge in [0.15, 0.2) is 10.9 Å². The third-order valence-corrected chi connectivity index (χ3v) is 6.28.